The van der Waals surface area contributed by atoms with Crippen molar-refractivity contribution < 1.29 is 4.79 Å². The van der Waals surface area contributed by atoms with Crippen LogP contribution in [0.5, 0.6) is 0 Å². The molecule has 0 unspecified atom stereocenters. The molecule has 0 saturated carbocycles. The van der Waals surface area contributed by atoms with Gasteiger partial charge in [0, 0.05) is 13.1 Å². The topological polar surface area (TPSA) is 84.7 Å². The number of likely N-dealkylation sites (N-methyl/N-ethyl adjacent to an activating group) is 1. The van der Waals surface area contributed by atoms with Crippen LogP contribution < -0.4 is 10.6 Å². The monoisotopic (exact) mass is 286 g/mol. The zero-order chi connectivity index (χ0) is 14.1. The fourth-order valence-electron chi connectivity index (χ4n) is 1.34. The van der Waals surface area contributed by atoms with Crippen molar-refractivity contribution in [3.05, 3.63) is 0 Å². The van der Waals surface area contributed by atoms with Crippen LogP contribution in [0.15, 0.2) is 5.16 Å². The van der Waals surface area contributed by atoms with Gasteiger partial charge < -0.3 is 10.6 Å². The molecule has 1 aromatic rings. The van der Waals surface area contributed by atoms with Gasteiger partial charge in [-0.15, -0.1) is 5.10 Å². The Labute approximate surface area is 117 Å². The average Bonchev–Trinajstić information content (AvgIpc) is 2.80. The summed E-state index contributed by atoms with van der Waals surface area (Å²) in [6.45, 7) is 6.48. The molecular formula is C11H22N6OS. The summed E-state index contributed by atoms with van der Waals surface area (Å²) in [4.78, 5) is 11.6. The van der Waals surface area contributed by atoms with E-state index in [1.807, 2.05) is 7.05 Å². The maximum absolute atomic E-state index is 11.6. The van der Waals surface area contributed by atoms with Crippen LogP contribution in [0.1, 0.15) is 20.3 Å². The first-order valence-electron chi connectivity index (χ1n) is 6.43. The smallest absolute Gasteiger partial charge is 0.230 e. The van der Waals surface area contributed by atoms with E-state index in [4.69, 9.17) is 0 Å². The molecule has 8 heteroatoms. The lowest BCUT2D eigenvalue weighted by molar-refractivity contribution is -0.118. The van der Waals surface area contributed by atoms with Crippen LogP contribution in [0.25, 0.3) is 0 Å². The minimum atomic E-state index is 0.0221. The molecule has 0 bridgehead atoms. The number of rotatable bonds is 9. The van der Waals surface area contributed by atoms with Gasteiger partial charge in [-0.25, -0.2) is 4.68 Å². The van der Waals surface area contributed by atoms with Gasteiger partial charge in [0.15, 0.2) is 0 Å². The summed E-state index contributed by atoms with van der Waals surface area (Å²) in [6.07, 6.45) is 0.996. The number of tetrazole rings is 1. The third kappa shape index (κ3) is 6.53. The Morgan fingerprint density at radius 1 is 1.42 bits per heavy atom. The molecule has 0 saturated heterocycles. The highest BCUT2D eigenvalue weighted by Crippen LogP contribution is 2.12. The van der Waals surface area contributed by atoms with Crippen molar-refractivity contribution in [2.24, 2.45) is 5.92 Å². The molecule has 0 aromatic carbocycles. The molecule has 7 nitrogen and oxygen atoms in total. The first-order chi connectivity index (χ1) is 9.13. The van der Waals surface area contributed by atoms with E-state index in [-0.39, 0.29) is 5.91 Å². The molecule has 0 aliphatic heterocycles. The standard InChI is InChI=1S/C11H22N6OS/c1-9(2)4-5-13-10(18)8-19-11-14-15-16-17(11)7-6-12-3/h9,12H,4-8H2,1-3H3,(H,13,18). The van der Waals surface area contributed by atoms with Crippen molar-refractivity contribution in [1.82, 2.24) is 30.8 Å². The Balaban J connectivity index is 2.27. The summed E-state index contributed by atoms with van der Waals surface area (Å²) >= 11 is 1.36. The van der Waals surface area contributed by atoms with Crippen LogP contribution in [0, 0.1) is 5.92 Å². The second-order valence-corrected chi connectivity index (χ2v) is 5.55. The number of hydrogen-bond acceptors (Lipinski definition) is 6. The molecule has 0 radical (unpaired) electrons. The number of nitrogens with one attached hydrogen (secondary N) is 2. The second-order valence-electron chi connectivity index (χ2n) is 4.61. The van der Waals surface area contributed by atoms with E-state index in [9.17, 15) is 4.79 Å². The molecule has 1 heterocycles. The summed E-state index contributed by atoms with van der Waals surface area (Å²) in [5.74, 6) is 0.966. The van der Waals surface area contributed by atoms with Gasteiger partial charge in [-0.05, 0) is 29.8 Å². The molecule has 0 spiro atoms. The van der Waals surface area contributed by atoms with Crippen molar-refractivity contribution in [3.8, 4) is 0 Å². The van der Waals surface area contributed by atoms with Gasteiger partial charge in [0.25, 0.3) is 0 Å². The number of carbonyl (C=O) groups is 1. The predicted molar refractivity (Wildman–Crippen MR) is 74.9 cm³/mol. The minimum absolute atomic E-state index is 0.0221. The van der Waals surface area contributed by atoms with Crippen molar-refractivity contribution in [2.45, 2.75) is 32.0 Å². The van der Waals surface area contributed by atoms with Crippen LogP contribution in [0.2, 0.25) is 0 Å². The van der Waals surface area contributed by atoms with Gasteiger partial charge in [-0.2, -0.15) is 0 Å². The Morgan fingerprint density at radius 2 is 2.21 bits per heavy atom. The molecule has 108 valence electrons. The summed E-state index contributed by atoms with van der Waals surface area (Å²) < 4.78 is 1.70. The number of hydrogen-bond donors (Lipinski definition) is 2. The van der Waals surface area contributed by atoms with Gasteiger partial charge in [-0.1, -0.05) is 25.6 Å². The van der Waals surface area contributed by atoms with Crippen LogP contribution in [0.3, 0.4) is 0 Å². The van der Waals surface area contributed by atoms with E-state index in [1.165, 1.54) is 11.8 Å². The number of thioether (sulfide) groups is 1. The lowest BCUT2D eigenvalue weighted by atomic mass is 10.1. The van der Waals surface area contributed by atoms with E-state index < -0.39 is 0 Å². The Hall–Kier alpha value is -1.15. The van der Waals surface area contributed by atoms with Crippen molar-refractivity contribution in [1.29, 1.82) is 0 Å². The second kappa shape index (κ2) is 8.87. The van der Waals surface area contributed by atoms with Gasteiger partial charge >= 0.3 is 0 Å². The van der Waals surface area contributed by atoms with E-state index >= 15 is 0 Å². The van der Waals surface area contributed by atoms with E-state index in [0.717, 1.165) is 19.5 Å². The average molecular weight is 286 g/mol. The van der Waals surface area contributed by atoms with Crippen molar-refractivity contribution in [3.63, 3.8) is 0 Å². The quantitative estimate of drug-likeness (QED) is 0.629. The number of carbonyl (C=O) groups excluding carboxylic acids is 1. The van der Waals surface area contributed by atoms with Crippen LogP contribution in [-0.2, 0) is 11.3 Å². The zero-order valence-corrected chi connectivity index (χ0v) is 12.5. The van der Waals surface area contributed by atoms with E-state index in [0.29, 0.717) is 23.4 Å². The molecule has 1 amide bonds. The molecule has 0 fully saturated rings. The predicted octanol–water partition coefficient (Wildman–Crippen LogP) is 0.147. The lowest BCUT2D eigenvalue weighted by Gasteiger charge is -2.07. The van der Waals surface area contributed by atoms with Gasteiger partial charge in [-0.3, -0.25) is 4.79 Å². The first-order valence-corrected chi connectivity index (χ1v) is 7.42. The molecule has 1 aromatic heterocycles. The third-order valence-corrected chi connectivity index (χ3v) is 3.41. The molecule has 0 atom stereocenters. The number of amides is 1. The summed E-state index contributed by atoms with van der Waals surface area (Å²) in [7, 11) is 1.87. The Bertz CT molecular complexity index is 381. The first kappa shape index (κ1) is 15.9. The fourth-order valence-corrected chi connectivity index (χ4v) is 2.07. The number of nitrogens with zero attached hydrogens (tertiary/aromatic N) is 4. The third-order valence-electron chi connectivity index (χ3n) is 2.45. The van der Waals surface area contributed by atoms with Crippen molar-refractivity contribution in [2.75, 3.05) is 25.9 Å². The molecule has 19 heavy (non-hydrogen) atoms. The molecular weight excluding hydrogens is 264 g/mol. The maximum Gasteiger partial charge on any atom is 0.230 e. The molecule has 0 aliphatic rings. The zero-order valence-electron chi connectivity index (χ0n) is 11.7. The van der Waals surface area contributed by atoms with Gasteiger partial charge in [0.05, 0.1) is 12.3 Å². The highest BCUT2D eigenvalue weighted by Gasteiger charge is 2.09. The molecule has 0 aliphatic carbocycles. The number of aromatic nitrogens is 4. The summed E-state index contributed by atoms with van der Waals surface area (Å²) in [5.41, 5.74) is 0. The van der Waals surface area contributed by atoms with Gasteiger partial charge in [0.1, 0.15) is 0 Å². The maximum atomic E-state index is 11.6. The largest absolute Gasteiger partial charge is 0.355 e. The van der Waals surface area contributed by atoms with E-state index in [2.05, 4.69) is 40.0 Å². The molecule has 2 N–H and O–H groups in total. The fraction of sp³-hybridized carbons (Fsp3) is 0.818. The Kier molecular flexibility index (Phi) is 7.42. The van der Waals surface area contributed by atoms with E-state index in [1.54, 1.807) is 4.68 Å². The normalized spacial score (nSPS) is 10.9. The van der Waals surface area contributed by atoms with Crippen molar-refractivity contribution >= 4 is 17.7 Å². The van der Waals surface area contributed by atoms with Crippen LogP contribution >= 0.6 is 11.8 Å². The van der Waals surface area contributed by atoms with Crippen LogP contribution in [-0.4, -0.2) is 52.0 Å². The highest BCUT2D eigenvalue weighted by molar-refractivity contribution is 7.99. The summed E-state index contributed by atoms with van der Waals surface area (Å²) in [6, 6.07) is 0. The Morgan fingerprint density at radius 3 is 2.89 bits per heavy atom. The lowest BCUT2D eigenvalue weighted by Crippen LogP contribution is -2.27. The SMILES string of the molecule is CNCCn1nnnc1SCC(=O)NCCC(C)C. The van der Waals surface area contributed by atoms with Gasteiger partial charge in [0.2, 0.25) is 11.1 Å². The molecule has 1 rings (SSSR count). The highest BCUT2D eigenvalue weighted by atomic mass is 32.2. The van der Waals surface area contributed by atoms with Crippen LogP contribution in [0.4, 0.5) is 0 Å². The minimum Gasteiger partial charge on any atom is -0.355 e. The summed E-state index contributed by atoms with van der Waals surface area (Å²) in [5, 5.41) is 18.0.